The number of rotatable bonds is 3. The van der Waals surface area contributed by atoms with Gasteiger partial charge in [-0.2, -0.15) is 0 Å². The smallest absolute Gasteiger partial charge is 0.330 e. The molecule has 2 rings (SSSR count). The molecule has 104 valence electrons. The standard InChI is InChI=1S/C16H16FNO2/c1-4-20-15(19)6-5-12-8-13(17)9-14-10(2)7-11(3)18-16(12)14/h5-9H,4H2,1-3H3/b6-5+. The van der Waals surface area contributed by atoms with Crippen LogP contribution in [-0.2, 0) is 9.53 Å². The Kier molecular flexibility index (Phi) is 4.13. The molecule has 0 aliphatic rings. The van der Waals surface area contributed by atoms with E-state index in [1.54, 1.807) is 6.92 Å². The fraction of sp³-hybridized carbons (Fsp3) is 0.250. The maximum atomic E-state index is 13.7. The van der Waals surface area contributed by atoms with Crippen LogP contribution in [0, 0.1) is 19.7 Å². The van der Waals surface area contributed by atoms with Crippen molar-refractivity contribution in [3.05, 3.63) is 46.9 Å². The molecule has 0 unspecified atom stereocenters. The Bertz CT molecular complexity index is 692. The van der Waals surface area contributed by atoms with Crippen LogP contribution in [0.2, 0.25) is 0 Å². The fourth-order valence-electron chi connectivity index (χ4n) is 2.12. The molecule has 0 saturated heterocycles. The lowest BCUT2D eigenvalue weighted by Crippen LogP contribution is -1.99. The maximum absolute atomic E-state index is 13.7. The predicted molar refractivity (Wildman–Crippen MR) is 76.8 cm³/mol. The van der Waals surface area contributed by atoms with Gasteiger partial charge in [0.25, 0.3) is 0 Å². The molecule has 1 heterocycles. The molecule has 4 heteroatoms. The number of fused-ring (bicyclic) bond motifs is 1. The Balaban J connectivity index is 2.55. The molecule has 0 N–H and O–H groups in total. The Hall–Kier alpha value is -2.23. The number of halogens is 1. The van der Waals surface area contributed by atoms with Gasteiger partial charge in [0.1, 0.15) is 5.82 Å². The van der Waals surface area contributed by atoms with Crippen LogP contribution >= 0.6 is 0 Å². The van der Waals surface area contributed by atoms with E-state index in [2.05, 4.69) is 4.98 Å². The summed E-state index contributed by atoms with van der Waals surface area (Å²) in [6.45, 7) is 5.84. The molecular formula is C16H16FNO2. The van der Waals surface area contributed by atoms with Crippen molar-refractivity contribution in [1.29, 1.82) is 0 Å². The van der Waals surface area contributed by atoms with E-state index in [9.17, 15) is 9.18 Å². The molecule has 0 radical (unpaired) electrons. The second kappa shape index (κ2) is 5.82. The average Bonchev–Trinajstić information content (AvgIpc) is 2.37. The van der Waals surface area contributed by atoms with E-state index >= 15 is 0 Å². The van der Waals surface area contributed by atoms with Gasteiger partial charge in [-0.3, -0.25) is 4.98 Å². The minimum atomic E-state index is -0.450. The SMILES string of the molecule is CCOC(=O)/C=C/c1cc(F)cc2c(C)cc(C)nc12. The van der Waals surface area contributed by atoms with Gasteiger partial charge in [-0.25, -0.2) is 9.18 Å². The molecule has 3 nitrogen and oxygen atoms in total. The lowest BCUT2D eigenvalue weighted by Gasteiger charge is -2.07. The molecular weight excluding hydrogens is 257 g/mol. The van der Waals surface area contributed by atoms with E-state index in [0.717, 1.165) is 16.6 Å². The number of carbonyl (C=O) groups excluding carboxylic acids is 1. The molecule has 0 amide bonds. The van der Waals surface area contributed by atoms with Gasteiger partial charge in [-0.05, 0) is 50.6 Å². The molecule has 0 aliphatic carbocycles. The summed E-state index contributed by atoms with van der Waals surface area (Å²) < 4.78 is 18.5. The average molecular weight is 273 g/mol. The number of aryl methyl sites for hydroxylation is 2. The van der Waals surface area contributed by atoms with Crippen LogP contribution in [0.3, 0.4) is 0 Å². The van der Waals surface area contributed by atoms with Crippen LogP contribution in [0.15, 0.2) is 24.3 Å². The number of pyridine rings is 1. The van der Waals surface area contributed by atoms with Gasteiger partial charge in [0.15, 0.2) is 0 Å². The van der Waals surface area contributed by atoms with Crippen molar-refractivity contribution >= 4 is 22.9 Å². The molecule has 0 atom stereocenters. The molecule has 0 saturated carbocycles. The summed E-state index contributed by atoms with van der Waals surface area (Å²) in [6, 6.07) is 4.73. The van der Waals surface area contributed by atoms with Crippen molar-refractivity contribution in [3.63, 3.8) is 0 Å². The molecule has 0 fully saturated rings. The second-order valence-corrected chi connectivity index (χ2v) is 4.56. The fourth-order valence-corrected chi connectivity index (χ4v) is 2.12. The van der Waals surface area contributed by atoms with Crippen LogP contribution in [0.5, 0.6) is 0 Å². The van der Waals surface area contributed by atoms with E-state index < -0.39 is 5.97 Å². The maximum Gasteiger partial charge on any atom is 0.330 e. The highest BCUT2D eigenvalue weighted by Gasteiger charge is 2.07. The number of hydrogen-bond donors (Lipinski definition) is 0. The number of nitrogens with zero attached hydrogens (tertiary/aromatic N) is 1. The second-order valence-electron chi connectivity index (χ2n) is 4.56. The van der Waals surface area contributed by atoms with Gasteiger partial charge in [-0.1, -0.05) is 0 Å². The highest BCUT2D eigenvalue weighted by atomic mass is 19.1. The molecule has 1 aromatic carbocycles. The molecule has 0 spiro atoms. The molecule has 20 heavy (non-hydrogen) atoms. The minimum absolute atomic E-state index is 0.309. The first-order valence-electron chi connectivity index (χ1n) is 6.43. The van der Waals surface area contributed by atoms with Crippen LogP contribution in [0.4, 0.5) is 4.39 Å². The Morgan fingerprint density at radius 2 is 2.10 bits per heavy atom. The van der Waals surface area contributed by atoms with Crippen LogP contribution in [0.25, 0.3) is 17.0 Å². The Labute approximate surface area is 117 Å². The van der Waals surface area contributed by atoms with E-state index in [1.165, 1.54) is 24.3 Å². The molecule has 0 bridgehead atoms. The summed E-state index contributed by atoms with van der Waals surface area (Å²) in [7, 11) is 0. The number of ether oxygens (including phenoxy) is 1. The largest absolute Gasteiger partial charge is 0.463 e. The van der Waals surface area contributed by atoms with Gasteiger partial charge in [0.2, 0.25) is 0 Å². The third-order valence-electron chi connectivity index (χ3n) is 2.93. The number of aromatic nitrogens is 1. The van der Waals surface area contributed by atoms with Crippen LogP contribution in [-0.4, -0.2) is 17.6 Å². The molecule has 2 aromatic rings. The topological polar surface area (TPSA) is 39.2 Å². The van der Waals surface area contributed by atoms with E-state index in [1.807, 2.05) is 19.9 Å². The van der Waals surface area contributed by atoms with Crippen molar-refractivity contribution in [2.24, 2.45) is 0 Å². The number of hydrogen-bond acceptors (Lipinski definition) is 3. The quantitative estimate of drug-likeness (QED) is 0.634. The lowest BCUT2D eigenvalue weighted by molar-refractivity contribution is -0.137. The summed E-state index contributed by atoms with van der Waals surface area (Å²) in [5, 5.41) is 0.749. The van der Waals surface area contributed by atoms with Crippen molar-refractivity contribution in [3.8, 4) is 0 Å². The highest BCUT2D eigenvalue weighted by molar-refractivity contribution is 5.94. The highest BCUT2D eigenvalue weighted by Crippen LogP contribution is 2.24. The van der Waals surface area contributed by atoms with Gasteiger partial charge < -0.3 is 4.74 Å². The summed E-state index contributed by atoms with van der Waals surface area (Å²) in [5.41, 5.74) is 3.06. The van der Waals surface area contributed by atoms with Crippen LogP contribution < -0.4 is 0 Å². The summed E-state index contributed by atoms with van der Waals surface area (Å²) >= 11 is 0. The zero-order chi connectivity index (χ0) is 14.7. The van der Waals surface area contributed by atoms with Gasteiger partial charge in [-0.15, -0.1) is 0 Å². The number of benzene rings is 1. The summed E-state index contributed by atoms with van der Waals surface area (Å²) in [5.74, 6) is -0.802. The number of esters is 1. The van der Waals surface area contributed by atoms with Gasteiger partial charge in [0.05, 0.1) is 12.1 Å². The third kappa shape index (κ3) is 3.02. The van der Waals surface area contributed by atoms with Crippen LogP contribution in [0.1, 0.15) is 23.7 Å². The zero-order valence-electron chi connectivity index (χ0n) is 11.7. The predicted octanol–water partition coefficient (Wildman–Crippen LogP) is 3.57. The zero-order valence-corrected chi connectivity index (χ0v) is 11.7. The van der Waals surface area contributed by atoms with Crippen molar-refractivity contribution in [1.82, 2.24) is 4.98 Å². The summed E-state index contributed by atoms with van der Waals surface area (Å²) in [4.78, 5) is 15.8. The van der Waals surface area contributed by atoms with Gasteiger partial charge >= 0.3 is 5.97 Å². The molecule has 0 aliphatic heterocycles. The van der Waals surface area contributed by atoms with Crippen molar-refractivity contribution in [2.45, 2.75) is 20.8 Å². The monoisotopic (exact) mass is 273 g/mol. The number of carbonyl (C=O) groups is 1. The van der Waals surface area contributed by atoms with E-state index in [4.69, 9.17) is 4.74 Å². The van der Waals surface area contributed by atoms with E-state index in [0.29, 0.717) is 17.7 Å². The van der Waals surface area contributed by atoms with Gasteiger partial charge in [0, 0.05) is 22.7 Å². The first-order chi connectivity index (χ1) is 9.51. The molecule has 1 aromatic heterocycles. The Morgan fingerprint density at radius 3 is 2.80 bits per heavy atom. The first kappa shape index (κ1) is 14.2. The van der Waals surface area contributed by atoms with E-state index in [-0.39, 0.29) is 5.82 Å². The first-order valence-corrected chi connectivity index (χ1v) is 6.43. The third-order valence-corrected chi connectivity index (χ3v) is 2.93. The normalized spacial score (nSPS) is 11.2. The van der Waals surface area contributed by atoms with Crippen molar-refractivity contribution < 1.29 is 13.9 Å². The van der Waals surface area contributed by atoms with Crippen molar-refractivity contribution in [2.75, 3.05) is 6.61 Å². The summed E-state index contributed by atoms with van der Waals surface area (Å²) in [6.07, 6.45) is 2.83. The Morgan fingerprint density at radius 1 is 1.35 bits per heavy atom. The lowest BCUT2D eigenvalue weighted by atomic mass is 10.0. The minimum Gasteiger partial charge on any atom is -0.463 e.